The van der Waals surface area contributed by atoms with Gasteiger partial charge in [0.2, 0.25) is 0 Å². The third-order valence-electron chi connectivity index (χ3n) is 4.11. The van der Waals surface area contributed by atoms with Crippen molar-refractivity contribution in [3.8, 4) is 0 Å². The van der Waals surface area contributed by atoms with Gasteiger partial charge >= 0.3 is 0 Å². The minimum atomic E-state index is -0.305. The molecule has 1 rings (SSSR count). The van der Waals surface area contributed by atoms with Crippen LogP contribution in [0.2, 0.25) is 5.02 Å². The van der Waals surface area contributed by atoms with E-state index in [2.05, 4.69) is 45.0 Å². The van der Waals surface area contributed by atoms with Crippen molar-refractivity contribution in [1.29, 1.82) is 0 Å². The largest absolute Gasteiger partial charge is 0.320 e. The first-order valence-corrected chi connectivity index (χ1v) is 8.04. The van der Waals surface area contributed by atoms with Crippen molar-refractivity contribution in [2.24, 2.45) is 5.73 Å². The van der Waals surface area contributed by atoms with E-state index in [1.54, 1.807) is 0 Å². The molecule has 2 unspecified atom stereocenters. The fraction of sp³-hybridized carbons (Fsp3) is 0.647. The Morgan fingerprint density at radius 1 is 1.15 bits per heavy atom. The zero-order valence-corrected chi connectivity index (χ0v) is 14.1. The van der Waals surface area contributed by atoms with Gasteiger partial charge in [0.05, 0.1) is 5.54 Å². The molecule has 0 saturated carbocycles. The van der Waals surface area contributed by atoms with Gasteiger partial charge in [-0.05, 0) is 44.6 Å². The van der Waals surface area contributed by atoms with Crippen LogP contribution in [0.3, 0.4) is 0 Å². The van der Waals surface area contributed by atoms with Gasteiger partial charge in [-0.2, -0.15) is 0 Å². The number of halogens is 1. The molecular weight excluding hydrogens is 268 g/mol. The van der Waals surface area contributed by atoms with Gasteiger partial charge in [-0.1, -0.05) is 56.8 Å². The van der Waals surface area contributed by atoms with Crippen LogP contribution in [0.15, 0.2) is 24.3 Å². The van der Waals surface area contributed by atoms with E-state index >= 15 is 0 Å². The Hall–Kier alpha value is -0.570. The van der Waals surface area contributed by atoms with Crippen LogP contribution in [0, 0.1) is 0 Å². The summed E-state index contributed by atoms with van der Waals surface area (Å²) in [7, 11) is 4.26. The summed E-state index contributed by atoms with van der Waals surface area (Å²) in [6.45, 7) is 4.44. The lowest BCUT2D eigenvalue weighted by atomic mass is 9.77. The van der Waals surface area contributed by atoms with E-state index in [4.69, 9.17) is 17.3 Å². The van der Waals surface area contributed by atoms with E-state index in [9.17, 15) is 0 Å². The highest BCUT2D eigenvalue weighted by Crippen LogP contribution is 2.33. The maximum Gasteiger partial charge on any atom is 0.0567 e. The number of hydrogen-bond donors (Lipinski definition) is 1. The Morgan fingerprint density at radius 2 is 1.75 bits per heavy atom. The number of nitrogens with two attached hydrogens (primary N) is 1. The van der Waals surface area contributed by atoms with Crippen LogP contribution in [-0.2, 0) is 5.54 Å². The van der Waals surface area contributed by atoms with Crippen molar-refractivity contribution in [3.05, 3.63) is 34.9 Å². The number of rotatable bonds is 8. The number of likely N-dealkylation sites (N-methyl/N-ethyl adjacent to an activating group) is 1. The van der Waals surface area contributed by atoms with Gasteiger partial charge in [0.25, 0.3) is 0 Å². The molecule has 0 fully saturated rings. The second-order valence-corrected chi connectivity index (χ2v) is 6.36. The van der Waals surface area contributed by atoms with Crippen LogP contribution >= 0.6 is 11.6 Å². The Kier molecular flexibility index (Phi) is 7.01. The monoisotopic (exact) mass is 296 g/mol. The predicted molar refractivity (Wildman–Crippen MR) is 89.2 cm³/mol. The average molecular weight is 297 g/mol. The quantitative estimate of drug-likeness (QED) is 0.770. The molecule has 0 bridgehead atoms. The van der Waals surface area contributed by atoms with E-state index in [1.165, 1.54) is 12.0 Å². The number of unbranched alkanes of at least 4 members (excludes halogenated alkanes) is 1. The van der Waals surface area contributed by atoms with Crippen LogP contribution in [0.4, 0.5) is 0 Å². The Labute approximate surface area is 129 Å². The number of benzene rings is 1. The fourth-order valence-electron chi connectivity index (χ4n) is 2.98. The van der Waals surface area contributed by atoms with Crippen LogP contribution in [-0.4, -0.2) is 25.0 Å². The minimum absolute atomic E-state index is 0.305. The molecule has 3 heteroatoms. The highest BCUT2D eigenvalue weighted by molar-refractivity contribution is 6.30. The summed E-state index contributed by atoms with van der Waals surface area (Å²) >= 11 is 6.02. The number of nitrogens with zero attached hydrogens (tertiary/aromatic N) is 1. The van der Waals surface area contributed by atoms with E-state index < -0.39 is 0 Å². The van der Waals surface area contributed by atoms with E-state index in [-0.39, 0.29) is 5.54 Å². The lowest BCUT2D eigenvalue weighted by Crippen LogP contribution is -2.54. The molecule has 0 radical (unpaired) electrons. The summed E-state index contributed by atoms with van der Waals surface area (Å²) < 4.78 is 0. The third-order valence-corrected chi connectivity index (χ3v) is 4.36. The Bertz CT molecular complexity index is 388. The molecule has 2 atom stereocenters. The molecule has 0 aliphatic rings. The lowest BCUT2D eigenvalue weighted by Gasteiger charge is -2.42. The Balaban J connectivity index is 3.15. The molecule has 0 aromatic heterocycles. The molecule has 20 heavy (non-hydrogen) atoms. The van der Waals surface area contributed by atoms with Crippen molar-refractivity contribution in [2.75, 3.05) is 14.1 Å². The molecule has 0 aliphatic heterocycles. The maximum atomic E-state index is 6.90. The summed E-state index contributed by atoms with van der Waals surface area (Å²) in [5.74, 6) is 0. The summed E-state index contributed by atoms with van der Waals surface area (Å²) in [5.41, 5.74) is 7.79. The van der Waals surface area contributed by atoms with Crippen LogP contribution in [0.1, 0.15) is 51.5 Å². The van der Waals surface area contributed by atoms with E-state index in [1.807, 2.05) is 12.1 Å². The zero-order chi connectivity index (χ0) is 15.2. The fourth-order valence-corrected chi connectivity index (χ4v) is 3.11. The Morgan fingerprint density at radius 3 is 2.20 bits per heavy atom. The molecule has 0 aliphatic carbocycles. The molecule has 1 aromatic carbocycles. The average Bonchev–Trinajstić information content (AvgIpc) is 2.42. The van der Waals surface area contributed by atoms with Crippen LogP contribution < -0.4 is 5.73 Å². The van der Waals surface area contributed by atoms with Crippen molar-refractivity contribution in [1.82, 2.24) is 4.90 Å². The van der Waals surface area contributed by atoms with Gasteiger partial charge in [-0.3, -0.25) is 0 Å². The van der Waals surface area contributed by atoms with Gasteiger partial charge in [0.1, 0.15) is 0 Å². The van der Waals surface area contributed by atoms with Gasteiger partial charge in [0.15, 0.2) is 0 Å². The first-order chi connectivity index (χ1) is 9.45. The zero-order valence-electron chi connectivity index (χ0n) is 13.3. The molecule has 0 amide bonds. The highest BCUT2D eigenvalue weighted by Gasteiger charge is 2.36. The molecule has 0 heterocycles. The second-order valence-electron chi connectivity index (χ2n) is 5.92. The third kappa shape index (κ3) is 4.21. The van der Waals surface area contributed by atoms with E-state index in [0.717, 1.165) is 30.7 Å². The van der Waals surface area contributed by atoms with Crippen LogP contribution in [0.5, 0.6) is 0 Å². The summed E-state index contributed by atoms with van der Waals surface area (Å²) in [4.78, 5) is 2.27. The number of hydrogen-bond acceptors (Lipinski definition) is 2. The normalized spacial score (nSPS) is 16.1. The highest BCUT2D eigenvalue weighted by atomic mass is 35.5. The smallest absolute Gasteiger partial charge is 0.0567 e. The standard InChI is InChI=1S/C17H29ClN2/c1-5-7-13-17(19,16(8-6-2)20(3)4)14-9-11-15(18)12-10-14/h9-12,16H,5-8,13,19H2,1-4H3. The van der Waals surface area contributed by atoms with Crippen molar-refractivity contribution in [3.63, 3.8) is 0 Å². The molecular formula is C17H29ClN2. The SMILES string of the molecule is CCCCC(N)(c1ccc(Cl)cc1)C(CCC)N(C)C. The first-order valence-electron chi connectivity index (χ1n) is 7.67. The predicted octanol–water partition coefficient (Wildman–Crippen LogP) is 4.41. The maximum absolute atomic E-state index is 6.90. The van der Waals surface area contributed by atoms with Gasteiger partial charge in [0, 0.05) is 11.1 Å². The molecule has 114 valence electrons. The molecule has 2 N–H and O–H groups in total. The van der Waals surface area contributed by atoms with Gasteiger partial charge in [-0.15, -0.1) is 0 Å². The molecule has 0 spiro atoms. The molecule has 2 nitrogen and oxygen atoms in total. The summed E-state index contributed by atoms with van der Waals surface area (Å²) in [5, 5.41) is 0.767. The summed E-state index contributed by atoms with van der Waals surface area (Å²) in [6, 6.07) is 8.42. The minimum Gasteiger partial charge on any atom is -0.320 e. The second kappa shape index (κ2) is 8.02. The lowest BCUT2D eigenvalue weighted by molar-refractivity contribution is 0.152. The topological polar surface area (TPSA) is 29.3 Å². The molecule has 1 aromatic rings. The van der Waals surface area contributed by atoms with Crippen molar-refractivity contribution in [2.45, 2.75) is 57.5 Å². The van der Waals surface area contributed by atoms with Crippen LogP contribution in [0.25, 0.3) is 0 Å². The summed E-state index contributed by atoms with van der Waals surface area (Å²) in [6.07, 6.45) is 5.57. The van der Waals surface area contributed by atoms with Crippen molar-refractivity contribution >= 4 is 11.6 Å². The van der Waals surface area contributed by atoms with Gasteiger partial charge < -0.3 is 10.6 Å². The molecule has 0 saturated heterocycles. The van der Waals surface area contributed by atoms with Gasteiger partial charge in [-0.25, -0.2) is 0 Å². The van der Waals surface area contributed by atoms with Crippen molar-refractivity contribution < 1.29 is 0 Å². The van der Waals surface area contributed by atoms with E-state index in [0.29, 0.717) is 6.04 Å². The first kappa shape index (κ1) is 17.5.